The molecule has 0 saturated heterocycles. The van der Waals surface area contributed by atoms with Crippen LogP contribution in [0.4, 0.5) is 10.1 Å². The van der Waals surface area contributed by atoms with Crippen LogP contribution in [0.2, 0.25) is 0 Å². The number of nitrogen functional groups attached to an aromatic ring is 1. The summed E-state index contributed by atoms with van der Waals surface area (Å²) in [7, 11) is 0. The van der Waals surface area contributed by atoms with E-state index in [1.165, 1.54) is 18.9 Å². The van der Waals surface area contributed by atoms with Crippen molar-refractivity contribution in [2.75, 3.05) is 5.73 Å². The average Bonchev–Trinajstić information content (AvgIpc) is 3.25. The van der Waals surface area contributed by atoms with Crippen LogP contribution in [0.25, 0.3) is 0 Å². The first-order valence-corrected chi connectivity index (χ1v) is 7.04. The largest absolute Gasteiger partial charge is 0.398 e. The second-order valence-electron chi connectivity index (χ2n) is 5.46. The maximum absolute atomic E-state index is 13.3. The monoisotopic (exact) mass is 270 g/mol. The minimum atomic E-state index is -0.169. The molecule has 0 bridgehead atoms. The van der Waals surface area contributed by atoms with Crippen LogP contribution in [0, 0.1) is 5.82 Å². The highest BCUT2D eigenvalue weighted by molar-refractivity contribution is 5.46. The normalized spacial score (nSPS) is 14.7. The molecular formula is C17H19FN2. The first-order valence-electron chi connectivity index (χ1n) is 7.04. The Morgan fingerprint density at radius 1 is 1.05 bits per heavy atom. The SMILES string of the molecule is Nc1ccccc1CN(Cc1cccc(F)c1)C1CC1. The van der Waals surface area contributed by atoms with Gasteiger partial charge in [-0.15, -0.1) is 0 Å². The summed E-state index contributed by atoms with van der Waals surface area (Å²) in [5, 5.41) is 0. The standard InChI is InChI=1S/C17H19FN2/c18-15-6-3-4-13(10-15)11-20(16-8-9-16)12-14-5-1-2-7-17(14)19/h1-7,10,16H,8-9,11-12,19H2. The summed E-state index contributed by atoms with van der Waals surface area (Å²) in [6, 6.07) is 15.4. The van der Waals surface area contributed by atoms with Crippen molar-refractivity contribution in [2.24, 2.45) is 0 Å². The Labute approximate surface area is 119 Å². The molecule has 1 saturated carbocycles. The smallest absolute Gasteiger partial charge is 0.123 e. The van der Waals surface area contributed by atoms with E-state index in [1.54, 1.807) is 12.1 Å². The Kier molecular flexibility index (Phi) is 3.70. The minimum absolute atomic E-state index is 0.169. The number of nitrogens with two attached hydrogens (primary N) is 1. The van der Waals surface area contributed by atoms with E-state index in [1.807, 2.05) is 24.3 Å². The zero-order valence-electron chi connectivity index (χ0n) is 11.4. The third kappa shape index (κ3) is 3.17. The number of anilines is 1. The van der Waals surface area contributed by atoms with Crippen LogP contribution in [-0.2, 0) is 13.1 Å². The number of rotatable bonds is 5. The number of benzene rings is 2. The van der Waals surface area contributed by atoms with Crippen molar-refractivity contribution in [3.63, 3.8) is 0 Å². The van der Waals surface area contributed by atoms with Gasteiger partial charge < -0.3 is 5.73 Å². The molecule has 1 aliphatic rings. The van der Waals surface area contributed by atoms with Gasteiger partial charge in [0.05, 0.1) is 0 Å². The molecule has 0 radical (unpaired) electrons. The maximum atomic E-state index is 13.3. The van der Waals surface area contributed by atoms with Crippen molar-refractivity contribution in [3.05, 3.63) is 65.5 Å². The van der Waals surface area contributed by atoms with Gasteiger partial charge in [0.25, 0.3) is 0 Å². The van der Waals surface area contributed by atoms with Gasteiger partial charge >= 0.3 is 0 Å². The van der Waals surface area contributed by atoms with Crippen LogP contribution in [0.1, 0.15) is 24.0 Å². The molecule has 2 aromatic carbocycles. The van der Waals surface area contributed by atoms with Crippen LogP contribution < -0.4 is 5.73 Å². The molecule has 2 aromatic rings. The fraction of sp³-hybridized carbons (Fsp3) is 0.294. The predicted molar refractivity (Wildman–Crippen MR) is 79.5 cm³/mol. The topological polar surface area (TPSA) is 29.3 Å². The lowest BCUT2D eigenvalue weighted by molar-refractivity contribution is 0.246. The molecule has 1 aliphatic carbocycles. The second kappa shape index (κ2) is 5.63. The van der Waals surface area contributed by atoms with Gasteiger partial charge in [0, 0.05) is 24.8 Å². The lowest BCUT2D eigenvalue weighted by Crippen LogP contribution is -2.25. The quantitative estimate of drug-likeness (QED) is 0.842. The van der Waals surface area contributed by atoms with E-state index in [0.29, 0.717) is 6.04 Å². The van der Waals surface area contributed by atoms with Crippen molar-refractivity contribution in [1.29, 1.82) is 0 Å². The second-order valence-corrected chi connectivity index (χ2v) is 5.46. The van der Waals surface area contributed by atoms with E-state index in [2.05, 4.69) is 11.0 Å². The van der Waals surface area contributed by atoms with E-state index in [-0.39, 0.29) is 5.82 Å². The van der Waals surface area contributed by atoms with Crippen molar-refractivity contribution in [2.45, 2.75) is 32.0 Å². The first-order chi connectivity index (χ1) is 9.72. The molecule has 0 aliphatic heterocycles. The van der Waals surface area contributed by atoms with Crippen LogP contribution in [0.3, 0.4) is 0 Å². The molecule has 0 aromatic heterocycles. The Hall–Kier alpha value is -1.87. The third-order valence-corrected chi connectivity index (χ3v) is 3.77. The molecular weight excluding hydrogens is 251 g/mol. The van der Waals surface area contributed by atoms with Gasteiger partial charge in [-0.2, -0.15) is 0 Å². The molecule has 0 amide bonds. The van der Waals surface area contributed by atoms with Crippen molar-refractivity contribution >= 4 is 5.69 Å². The Balaban J connectivity index is 1.75. The number of halogens is 1. The predicted octanol–water partition coefficient (Wildman–Crippen LogP) is 3.57. The first kappa shape index (κ1) is 13.1. The number of nitrogens with zero attached hydrogens (tertiary/aromatic N) is 1. The van der Waals surface area contributed by atoms with Gasteiger partial charge in [-0.05, 0) is 42.2 Å². The van der Waals surface area contributed by atoms with Gasteiger partial charge in [-0.1, -0.05) is 30.3 Å². The molecule has 3 heteroatoms. The summed E-state index contributed by atoms with van der Waals surface area (Å²) in [6.45, 7) is 1.60. The molecule has 0 spiro atoms. The van der Waals surface area contributed by atoms with Gasteiger partial charge in [0.15, 0.2) is 0 Å². The van der Waals surface area contributed by atoms with Crippen LogP contribution in [0.15, 0.2) is 48.5 Å². The van der Waals surface area contributed by atoms with Crippen molar-refractivity contribution in [3.8, 4) is 0 Å². The van der Waals surface area contributed by atoms with Gasteiger partial charge in [0.2, 0.25) is 0 Å². The summed E-state index contributed by atoms with van der Waals surface area (Å²) >= 11 is 0. The summed E-state index contributed by atoms with van der Waals surface area (Å²) < 4.78 is 13.3. The molecule has 0 heterocycles. The number of hydrogen-bond acceptors (Lipinski definition) is 2. The Bertz CT molecular complexity index is 593. The zero-order valence-corrected chi connectivity index (χ0v) is 11.4. The highest BCUT2D eigenvalue weighted by Crippen LogP contribution is 2.30. The van der Waals surface area contributed by atoms with E-state index in [4.69, 9.17) is 5.73 Å². The lowest BCUT2D eigenvalue weighted by atomic mass is 10.1. The number of hydrogen-bond donors (Lipinski definition) is 1. The van der Waals surface area contributed by atoms with Gasteiger partial charge in [-0.25, -0.2) is 4.39 Å². The minimum Gasteiger partial charge on any atom is -0.398 e. The molecule has 104 valence electrons. The van der Waals surface area contributed by atoms with E-state index >= 15 is 0 Å². The highest BCUT2D eigenvalue weighted by Gasteiger charge is 2.29. The highest BCUT2D eigenvalue weighted by atomic mass is 19.1. The molecule has 3 rings (SSSR count). The summed E-state index contributed by atoms with van der Waals surface area (Å²) in [4.78, 5) is 2.39. The molecule has 2 N–H and O–H groups in total. The zero-order chi connectivity index (χ0) is 13.9. The Morgan fingerprint density at radius 3 is 2.55 bits per heavy atom. The van der Waals surface area contributed by atoms with E-state index in [9.17, 15) is 4.39 Å². The fourth-order valence-electron chi connectivity index (χ4n) is 2.52. The Morgan fingerprint density at radius 2 is 1.85 bits per heavy atom. The van der Waals surface area contributed by atoms with Crippen LogP contribution in [-0.4, -0.2) is 10.9 Å². The average molecular weight is 270 g/mol. The van der Waals surface area contributed by atoms with Gasteiger partial charge in [0.1, 0.15) is 5.82 Å². The number of para-hydroxylation sites is 1. The molecule has 2 nitrogen and oxygen atoms in total. The van der Waals surface area contributed by atoms with Crippen molar-refractivity contribution < 1.29 is 4.39 Å². The molecule has 1 fully saturated rings. The lowest BCUT2D eigenvalue weighted by Gasteiger charge is -2.23. The summed E-state index contributed by atoms with van der Waals surface area (Å²) in [5.74, 6) is -0.169. The fourth-order valence-corrected chi connectivity index (χ4v) is 2.52. The molecule has 0 atom stereocenters. The van der Waals surface area contributed by atoms with Gasteiger partial charge in [-0.3, -0.25) is 4.90 Å². The molecule has 20 heavy (non-hydrogen) atoms. The summed E-state index contributed by atoms with van der Waals surface area (Å²) in [5.41, 5.74) is 9.02. The summed E-state index contributed by atoms with van der Waals surface area (Å²) in [6.07, 6.45) is 2.45. The van der Waals surface area contributed by atoms with Crippen LogP contribution >= 0.6 is 0 Å². The maximum Gasteiger partial charge on any atom is 0.123 e. The van der Waals surface area contributed by atoms with Crippen molar-refractivity contribution in [1.82, 2.24) is 4.90 Å². The van der Waals surface area contributed by atoms with E-state index in [0.717, 1.165) is 29.9 Å². The van der Waals surface area contributed by atoms with E-state index < -0.39 is 0 Å². The molecule has 0 unspecified atom stereocenters. The van der Waals surface area contributed by atoms with Crippen LogP contribution in [0.5, 0.6) is 0 Å². The third-order valence-electron chi connectivity index (χ3n) is 3.77.